The molecule has 3 rings (SSSR count). The molecule has 154 valence electrons. The highest BCUT2D eigenvalue weighted by atomic mass is 32.2. The number of carbonyl (C=O) groups excluding carboxylic acids is 1. The molecule has 1 heterocycles. The molecule has 0 bridgehead atoms. The highest BCUT2D eigenvalue weighted by Crippen LogP contribution is 2.32. The van der Waals surface area contributed by atoms with Gasteiger partial charge in [0, 0.05) is 5.92 Å². The van der Waals surface area contributed by atoms with Gasteiger partial charge in [0.25, 0.3) is 10.0 Å². The number of aromatic nitrogens is 1. The summed E-state index contributed by atoms with van der Waals surface area (Å²) >= 11 is 1.23. The van der Waals surface area contributed by atoms with Crippen molar-refractivity contribution in [2.75, 3.05) is 10.0 Å². The maximum Gasteiger partial charge on any atom is 0.416 e. The summed E-state index contributed by atoms with van der Waals surface area (Å²) < 4.78 is 66.5. The topological polar surface area (TPSA) is 88.2 Å². The number of carbonyl (C=O) groups is 1. The van der Waals surface area contributed by atoms with Gasteiger partial charge in [0.1, 0.15) is 0 Å². The van der Waals surface area contributed by atoms with Crippen molar-refractivity contribution in [2.24, 2.45) is 5.92 Å². The van der Waals surface area contributed by atoms with Gasteiger partial charge in [0.15, 0.2) is 5.13 Å². The molecule has 0 spiro atoms. The van der Waals surface area contributed by atoms with Crippen LogP contribution < -0.4 is 10.0 Å². The minimum Gasteiger partial charge on any atom is -0.302 e. The maximum atomic E-state index is 12.8. The van der Waals surface area contributed by atoms with Gasteiger partial charge in [-0.05, 0) is 36.4 Å². The molecule has 0 saturated carbocycles. The number of nitrogens with one attached hydrogen (secondary N) is 2. The molecule has 6 nitrogen and oxygen atoms in total. The van der Waals surface area contributed by atoms with E-state index in [0.29, 0.717) is 21.4 Å². The normalized spacial score (nSPS) is 12.3. The van der Waals surface area contributed by atoms with Crippen molar-refractivity contribution < 1.29 is 26.4 Å². The van der Waals surface area contributed by atoms with E-state index in [0.717, 1.165) is 18.2 Å². The zero-order valence-electron chi connectivity index (χ0n) is 15.2. The molecule has 1 aromatic heterocycles. The zero-order chi connectivity index (χ0) is 21.4. The summed E-state index contributed by atoms with van der Waals surface area (Å²) in [6.45, 7) is 3.48. The highest BCUT2D eigenvalue weighted by Gasteiger charge is 2.31. The number of alkyl halides is 3. The standard InChI is InChI=1S/C18H16F3N3O3S2/c1-10(2)16(25)23-17-22-14-9-12(6-7-15(14)28-17)24-29(26,27)13-5-3-4-11(8-13)18(19,20)21/h3-10,24H,1-2H3,(H,22,23,25). The van der Waals surface area contributed by atoms with Gasteiger partial charge >= 0.3 is 6.18 Å². The Morgan fingerprint density at radius 2 is 1.86 bits per heavy atom. The van der Waals surface area contributed by atoms with E-state index in [9.17, 15) is 26.4 Å². The second-order valence-corrected chi connectivity index (χ2v) is 9.19. The van der Waals surface area contributed by atoms with Crippen LogP contribution in [-0.4, -0.2) is 19.3 Å². The summed E-state index contributed by atoms with van der Waals surface area (Å²) in [5.41, 5.74) is -0.471. The van der Waals surface area contributed by atoms with Crippen LogP contribution >= 0.6 is 11.3 Å². The van der Waals surface area contributed by atoms with Gasteiger partial charge in [-0.15, -0.1) is 0 Å². The van der Waals surface area contributed by atoms with Crippen LogP contribution in [0.2, 0.25) is 0 Å². The number of hydrogen-bond acceptors (Lipinski definition) is 5. The first-order valence-electron chi connectivity index (χ1n) is 8.37. The van der Waals surface area contributed by atoms with E-state index in [4.69, 9.17) is 0 Å². The summed E-state index contributed by atoms with van der Waals surface area (Å²) in [6, 6.07) is 8.02. The lowest BCUT2D eigenvalue weighted by Crippen LogP contribution is -2.17. The SMILES string of the molecule is CC(C)C(=O)Nc1nc2cc(NS(=O)(=O)c3cccc(C(F)(F)F)c3)ccc2s1. The lowest BCUT2D eigenvalue weighted by atomic mass is 10.2. The van der Waals surface area contributed by atoms with Crippen molar-refractivity contribution in [3.05, 3.63) is 48.0 Å². The fraction of sp³-hybridized carbons (Fsp3) is 0.222. The van der Waals surface area contributed by atoms with E-state index in [2.05, 4.69) is 15.0 Å². The first-order valence-corrected chi connectivity index (χ1v) is 10.7. The first-order chi connectivity index (χ1) is 13.5. The molecular formula is C18H16F3N3O3S2. The number of benzene rings is 2. The number of amides is 1. The molecule has 29 heavy (non-hydrogen) atoms. The van der Waals surface area contributed by atoms with Crippen LogP contribution in [0, 0.1) is 5.92 Å². The number of nitrogens with zero attached hydrogens (tertiary/aromatic N) is 1. The molecule has 0 atom stereocenters. The monoisotopic (exact) mass is 443 g/mol. The summed E-state index contributed by atoms with van der Waals surface area (Å²) in [6.07, 6.45) is -4.65. The van der Waals surface area contributed by atoms with Crippen molar-refractivity contribution in [1.29, 1.82) is 0 Å². The van der Waals surface area contributed by atoms with Crippen molar-refractivity contribution >= 4 is 48.3 Å². The Bertz CT molecular complexity index is 1170. The Morgan fingerprint density at radius 1 is 1.14 bits per heavy atom. The van der Waals surface area contributed by atoms with Crippen LogP contribution in [0.1, 0.15) is 19.4 Å². The van der Waals surface area contributed by atoms with Crippen molar-refractivity contribution in [1.82, 2.24) is 4.98 Å². The quantitative estimate of drug-likeness (QED) is 0.598. The van der Waals surface area contributed by atoms with Gasteiger partial charge in [-0.3, -0.25) is 9.52 Å². The minimum absolute atomic E-state index is 0.141. The number of rotatable bonds is 5. The van der Waals surface area contributed by atoms with Crippen LogP contribution in [0.15, 0.2) is 47.4 Å². The number of halogens is 3. The molecule has 1 amide bonds. The Hall–Kier alpha value is -2.66. The minimum atomic E-state index is -4.65. The predicted molar refractivity (Wildman–Crippen MR) is 105 cm³/mol. The van der Waals surface area contributed by atoms with Gasteiger partial charge in [0.05, 0.1) is 26.4 Å². The lowest BCUT2D eigenvalue weighted by molar-refractivity contribution is -0.137. The molecule has 2 N–H and O–H groups in total. The van der Waals surface area contributed by atoms with E-state index in [1.807, 2.05) is 0 Å². The number of anilines is 2. The van der Waals surface area contributed by atoms with Crippen molar-refractivity contribution in [2.45, 2.75) is 24.9 Å². The Morgan fingerprint density at radius 3 is 2.52 bits per heavy atom. The first kappa shape index (κ1) is 21.1. The maximum absolute atomic E-state index is 12.8. The second kappa shape index (κ2) is 7.64. The van der Waals surface area contributed by atoms with Gasteiger partial charge in [-0.1, -0.05) is 31.3 Å². The van der Waals surface area contributed by atoms with Crippen LogP contribution in [0.4, 0.5) is 24.0 Å². The summed E-state index contributed by atoms with van der Waals surface area (Å²) in [7, 11) is -4.23. The van der Waals surface area contributed by atoms with Crippen molar-refractivity contribution in [3.63, 3.8) is 0 Å². The van der Waals surface area contributed by atoms with Crippen LogP contribution in [0.5, 0.6) is 0 Å². The third-order valence-corrected chi connectivity index (χ3v) is 6.20. The smallest absolute Gasteiger partial charge is 0.302 e. The van der Waals surface area contributed by atoms with E-state index in [1.54, 1.807) is 19.9 Å². The van der Waals surface area contributed by atoms with E-state index in [1.165, 1.54) is 23.5 Å². The third-order valence-electron chi connectivity index (χ3n) is 3.87. The lowest BCUT2D eigenvalue weighted by Gasteiger charge is -2.11. The van der Waals surface area contributed by atoms with Crippen LogP contribution in [0.3, 0.4) is 0 Å². The zero-order valence-corrected chi connectivity index (χ0v) is 16.9. The molecule has 0 aliphatic heterocycles. The largest absolute Gasteiger partial charge is 0.416 e. The third kappa shape index (κ3) is 4.85. The van der Waals surface area contributed by atoms with Gasteiger partial charge < -0.3 is 5.32 Å². The molecule has 0 fully saturated rings. The average molecular weight is 443 g/mol. The highest BCUT2D eigenvalue weighted by molar-refractivity contribution is 7.92. The number of fused-ring (bicyclic) bond motifs is 1. The average Bonchev–Trinajstić information content (AvgIpc) is 3.02. The molecule has 11 heteroatoms. The molecule has 2 aromatic carbocycles. The van der Waals surface area contributed by atoms with E-state index in [-0.39, 0.29) is 17.5 Å². The molecule has 0 radical (unpaired) electrons. The molecule has 0 aliphatic carbocycles. The van der Waals surface area contributed by atoms with E-state index >= 15 is 0 Å². The second-order valence-electron chi connectivity index (χ2n) is 6.48. The van der Waals surface area contributed by atoms with E-state index < -0.39 is 26.7 Å². The fourth-order valence-electron chi connectivity index (χ4n) is 2.35. The van der Waals surface area contributed by atoms with Crippen LogP contribution in [0.25, 0.3) is 10.2 Å². The molecule has 3 aromatic rings. The number of hydrogen-bond donors (Lipinski definition) is 2. The van der Waals surface area contributed by atoms with Gasteiger partial charge in [-0.2, -0.15) is 13.2 Å². The summed E-state index contributed by atoms with van der Waals surface area (Å²) in [4.78, 5) is 15.5. The molecule has 0 unspecified atom stereocenters. The number of thiazole rings is 1. The molecule has 0 aliphatic rings. The van der Waals surface area contributed by atoms with Crippen molar-refractivity contribution in [3.8, 4) is 0 Å². The summed E-state index contributed by atoms with van der Waals surface area (Å²) in [5.74, 6) is -0.425. The number of sulfonamides is 1. The summed E-state index contributed by atoms with van der Waals surface area (Å²) in [5, 5.41) is 3.04. The van der Waals surface area contributed by atoms with Crippen LogP contribution in [-0.2, 0) is 21.0 Å². The van der Waals surface area contributed by atoms with Gasteiger partial charge in [0.2, 0.25) is 5.91 Å². The fourth-order valence-corrected chi connectivity index (χ4v) is 4.29. The predicted octanol–water partition coefficient (Wildman–Crippen LogP) is 4.71. The Labute approximate surface area is 168 Å². The van der Waals surface area contributed by atoms with Gasteiger partial charge in [-0.25, -0.2) is 13.4 Å². The Kier molecular flexibility index (Phi) is 5.54. The Balaban J connectivity index is 1.86. The molecular weight excluding hydrogens is 427 g/mol. The molecule has 0 saturated heterocycles.